The van der Waals surface area contributed by atoms with E-state index in [0.717, 1.165) is 6.42 Å². The van der Waals surface area contributed by atoms with Gasteiger partial charge >= 0.3 is 0 Å². The Hall–Kier alpha value is 0.100. The van der Waals surface area contributed by atoms with Crippen molar-refractivity contribution in [2.24, 2.45) is 5.92 Å². The van der Waals surface area contributed by atoms with Gasteiger partial charge in [0, 0.05) is 23.6 Å². The average Bonchev–Trinajstić information content (AvgIpc) is 2.69. The van der Waals surface area contributed by atoms with Crippen LogP contribution in [0.2, 0.25) is 0 Å². The molecule has 0 aromatic carbocycles. The predicted octanol–water partition coefficient (Wildman–Crippen LogP) is 3.88. The Morgan fingerprint density at radius 2 is 2.33 bits per heavy atom. The van der Waals surface area contributed by atoms with E-state index in [4.69, 9.17) is 5.11 Å². The average molecular weight is 332 g/mol. The second-order valence-corrected chi connectivity index (χ2v) is 7.92. The number of aliphatic hydroxyl groups is 1. The predicted molar refractivity (Wildman–Crippen MR) is 81.2 cm³/mol. The largest absolute Gasteiger partial charge is 0.396 e. The number of fused-ring (bicyclic) bond motifs is 1. The molecule has 0 radical (unpaired) electrons. The highest BCUT2D eigenvalue weighted by atomic mass is 79.9. The summed E-state index contributed by atoms with van der Waals surface area (Å²) in [5, 5.41) is 12.9. The first-order valence-electron chi connectivity index (χ1n) is 6.76. The van der Waals surface area contributed by atoms with Crippen molar-refractivity contribution in [2.45, 2.75) is 51.6 Å². The number of hydrogen-bond acceptors (Lipinski definition) is 3. The molecule has 0 spiro atoms. The Balaban J connectivity index is 2.09. The molecule has 4 heteroatoms. The van der Waals surface area contributed by atoms with E-state index in [1.807, 2.05) is 11.3 Å². The van der Waals surface area contributed by atoms with Crippen LogP contribution in [-0.4, -0.2) is 17.8 Å². The number of halogens is 1. The molecule has 0 saturated carbocycles. The van der Waals surface area contributed by atoms with Crippen molar-refractivity contribution in [3.63, 3.8) is 0 Å². The van der Waals surface area contributed by atoms with Gasteiger partial charge in [0.1, 0.15) is 0 Å². The topological polar surface area (TPSA) is 32.3 Å². The van der Waals surface area contributed by atoms with Gasteiger partial charge in [-0.1, -0.05) is 13.8 Å². The molecule has 1 aliphatic rings. The fourth-order valence-corrected chi connectivity index (χ4v) is 4.52. The number of nitrogens with one attached hydrogen (secondary N) is 1. The lowest BCUT2D eigenvalue weighted by Gasteiger charge is -2.30. The van der Waals surface area contributed by atoms with Gasteiger partial charge in [-0.25, -0.2) is 0 Å². The number of aliphatic hydroxyl groups excluding tert-OH is 1. The maximum atomic E-state index is 9.17. The minimum absolute atomic E-state index is 0.267. The molecular formula is C14H22BrNOS. The minimum atomic E-state index is 0.267. The van der Waals surface area contributed by atoms with Gasteiger partial charge < -0.3 is 10.4 Å². The van der Waals surface area contributed by atoms with E-state index >= 15 is 0 Å². The Bertz CT molecular complexity index is 391. The third-order valence-electron chi connectivity index (χ3n) is 3.74. The van der Waals surface area contributed by atoms with Crippen LogP contribution in [-0.2, 0) is 6.42 Å². The zero-order chi connectivity index (χ0) is 13.1. The summed E-state index contributed by atoms with van der Waals surface area (Å²) in [7, 11) is 0. The van der Waals surface area contributed by atoms with Crippen molar-refractivity contribution in [2.75, 3.05) is 6.61 Å². The van der Waals surface area contributed by atoms with E-state index in [-0.39, 0.29) is 6.61 Å². The van der Waals surface area contributed by atoms with Gasteiger partial charge in [0.15, 0.2) is 0 Å². The molecule has 2 unspecified atom stereocenters. The van der Waals surface area contributed by atoms with Gasteiger partial charge in [0.25, 0.3) is 0 Å². The van der Waals surface area contributed by atoms with Crippen LogP contribution in [0, 0.1) is 5.92 Å². The van der Waals surface area contributed by atoms with Crippen LogP contribution in [0.4, 0.5) is 0 Å². The molecular weight excluding hydrogens is 310 g/mol. The summed E-state index contributed by atoms with van der Waals surface area (Å²) in [5.74, 6) is 0.560. The number of rotatable bonds is 5. The molecule has 1 aliphatic carbocycles. The lowest BCUT2D eigenvalue weighted by Crippen LogP contribution is -2.38. The van der Waals surface area contributed by atoms with Crippen molar-refractivity contribution in [1.82, 2.24) is 5.32 Å². The minimum Gasteiger partial charge on any atom is -0.396 e. The normalized spacial score (nSPS) is 21.1. The summed E-state index contributed by atoms with van der Waals surface area (Å²) in [6.07, 6.45) is 4.54. The first kappa shape index (κ1) is 14.5. The Kier molecular flexibility index (Phi) is 5.24. The molecule has 2 rings (SSSR count). The Labute approximate surface area is 122 Å². The Morgan fingerprint density at radius 1 is 1.56 bits per heavy atom. The van der Waals surface area contributed by atoms with Gasteiger partial charge in [-0.15, -0.1) is 11.3 Å². The molecule has 0 fully saturated rings. The standard InChI is InChI=1S/C14H22BrNOS/c1-9(2)11(6-7-17)16-12-4-3-5-13-10(12)8-14(15)18-13/h8-9,11-12,16-17H,3-7H2,1-2H3. The van der Waals surface area contributed by atoms with Crippen molar-refractivity contribution in [1.29, 1.82) is 0 Å². The summed E-state index contributed by atoms with van der Waals surface area (Å²) in [5.41, 5.74) is 1.47. The molecule has 102 valence electrons. The quantitative estimate of drug-likeness (QED) is 0.857. The highest BCUT2D eigenvalue weighted by molar-refractivity contribution is 9.11. The molecule has 1 heterocycles. The third-order valence-corrected chi connectivity index (χ3v) is 5.46. The van der Waals surface area contributed by atoms with E-state index in [9.17, 15) is 0 Å². The summed E-state index contributed by atoms with van der Waals surface area (Å²) in [6.45, 7) is 4.71. The molecule has 0 aliphatic heterocycles. The zero-order valence-corrected chi connectivity index (χ0v) is 13.5. The summed E-state index contributed by atoms with van der Waals surface area (Å²) in [6, 6.07) is 3.15. The molecule has 2 N–H and O–H groups in total. The van der Waals surface area contributed by atoms with Crippen LogP contribution in [0.25, 0.3) is 0 Å². The SMILES string of the molecule is CC(C)C(CCO)NC1CCCc2sc(Br)cc21. The van der Waals surface area contributed by atoms with E-state index < -0.39 is 0 Å². The van der Waals surface area contributed by atoms with E-state index in [1.54, 1.807) is 0 Å². The van der Waals surface area contributed by atoms with Crippen molar-refractivity contribution >= 4 is 27.3 Å². The summed E-state index contributed by atoms with van der Waals surface area (Å²) < 4.78 is 1.24. The maximum absolute atomic E-state index is 9.17. The van der Waals surface area contributed by atoms with Crippen molar-refractivity contribution in [3.05, 3.63) is 20.3 Å². The first-order valence-corrected chi connectivity index (χ1v) is 8.37. The number of hydrogen-bond donors (Lipinski definition) is 2. The smallest absolute Gasteiger partial charge is 0.0704 e. The second kappa shape index (κ2) is 6.51. The molecule has 2 atom stereocenters. The molecule has 2 nitrogen and oxygen atoms in total. The molecule has 1 aromatic rings. The van der Waals surface area contributed by atoms with Crippen LogP contribution >= 0.6 is 27.3 Å². The Morgan fingerprint density at radius 3 is 3.00 bits per heavy atom. The van der Waals surface area contributed by atoms with Crippen LogP contribution in [0.3, 0.4) is 0 Å². The van der Waals surface area contributed by atoms with Crippen LogP contribution in [0.5, 0.6) is 0 Å². The highest BCUT2D eigenvalue weighted by Gasteiger charge is 2.25. The van der Waals surface area contributed by atoms with Gasteiger partial charge in [-0.05, 0) is 59.2 Å². The molecule has 18 heavy (non-hydrogen) atoms. The van der Waals surface area contributed by atoms with E-state index in [0.29, 0.717) is 18.0 Å². The van der Waals surface area contributed by atoms with Crippen LogP contribution < -0.4 is 5.32 Å². The lowest BCUT2D eigenvalue weighted by atomic mass is 9.91. The number of thiophene rings is 1. The lowest BCUT2D eigenvalue weighted by molar-refractivity contribution is 0.231. The van der Waals surface area contributed by atoms with Crippen molar-refractivity contribution in [3.8, 4) is 0 Å². The van der Waals surface area contributed by atoms with Gasteiger partial charge in [0.2, 0.25) is 0 Å². The summed E-state index contributed by atoms with van der Waals surface area (Å²) >= 11 is 5.47. The third kappa shape index (κ3) is 3.35. The fourth-order valence-electron chi connectivity index (χ4n) is 2.70. The monoisotopic (exact) mass is 331 g/mol. The van der Waals surface area contributed by atoms with E-state index in [1.165, 1.54) is 33.5 Å². The zero-order valence-electron chi connectivity index (χ0n) is 11.1. The second-order valence-electron chi connectivity index (χ2n) is 5.40. The summed E-state index contributed by atoms with van der Waals surface area (Å²) in [4.78, 5) is 1.53. The fraction of sp³-hybridized carbons (Fsp3) is 0.714. The van der Waals surface area contributed by atoms with Gasteiger partial charge in [-0.2, -0.15) is 0 Å². The molecule has 0 saturated heterocycles. The maximum Gasteiger partial charge on any atom is 0.0704 e. The van der Waals surface area contributed by atoms with Gasteiger partial charge in [0.05, 0.1) is 3.79 Å². The van der Waals surface area contributed by atoms with Crippen LogP contribution in [0.1, 0.15) is 49.6 Å². The number of aryl methyl sites for hydroxylation is 1. The van der Waals surface area contributed by atoms with Gasteiger partial charge in [-0.3, -0.25) is 0 Å². The first-order chi connectivity index (χ1) is 8.61. The van der Waals surface area contributed by atoms with Crippen molar-refractivity contribution < 1.29 is 5.11 Å². The van der Waals surface area contributed by atoms with Crippen LogP contribution in [0.15, 0.2) is 9.85 Å². The molecule has 0 amide bonds. The highest BCUT2D eigenvalue weighted by Crippen LogP contribution is 2.38. The van der Waals surface area contributed by atoms with E-state index in [2.05, 4.69) is 41.2 Å². The molecule has 0 bridgehead atoms. The molecule has 1 aromatic heterocycles.